The molecule has 16 heavy (non-hydrogen) atoms. The van der Waals surface area contributed by atoms with Crippen molar-refractivity contribution in [2.45, 2.75) is 71.4 Å². The molecule has 2 heteroatoms. The van der Waals surface area contributed by atoms with Crippen molar-refractivity contribution in [1.82, 2.24) is 4.90 Å². The van der Waals surface area contributed by atoms with Gasteiger partial charge in [-0.05, 0) is 31.7 Å². The molecule has 1 aliphatic heterocycles. The smallest absolute Gasteiger partial charge is 0.0193 e. The van der Waals surface area contributed by atoms with E-state index in [1.54, 1.807) is 0 Å². The van der Waals surface area contributed by atoms with Gasteiger partial charge in [0.05, 0.1) is 0 Å². The molecular formula is C14H30N2. The Morgan fingerprint density at radius 3 is 2.62 bits per heavy atom. The first-order valence-corrected chi connectivity index (χ1v) is 7.18. The number of likely N-dealkylation sites (tertiary alicyclic amines) is 1. The quantitative estimate of drug-likeness (QED) is 0.781. The van der Waals surface area contributed by atoms with Crippen LogP contribution in [0, 0.1) is 5.92 Å². The van der Waals surface area contributed by atoms with Gasteiger partial charge in [-0.25, -0.2) is 0 Å². The van der Waals surface area contributed by atoms with Crippen LogP contribution in [-0.4, -0.2) is 30.1 Å². The Hall–Kier alpha value is -0.0800. The summed E-state index contributed by atoms with van der Waals surface area (Å²) in [5.41, 5.74) is 6.28. The van der Waals surface area contributed by atoms with Crippen LogP contribution in [0.3, 0.4) is 0 Å². The normalized spacial score (nSPS) is 27.4. The second-order valence-electron chi connectivity index (χ2n) is 5.46. The third kappa shape index (κ3) is 4.06. The van der Waals surface area contributed by atoms with Gasteiger partial charge >= 0.3 is 0 Å². The molecular weight excluding hydrogens is 196 g/mol. The molecule has 1 fully saturated rings. The van der Waals surface area contributed by atoms with Crippen molar-refractivity contribution in [3.05, 3.63) is 0 Å². The topological polar surface area (TPSA) is 29.3 Å². The maximum Gasteiger partial charge on any atom is 0.0193 e. The van der Waals surface area contributed by atoms with Crippen LogP contribution in [0.2, 0.25) is 0 Å². The summed E-state index contributed by atoms with van der Waals surface area (Å²) in [7, 11) is 0. The van der Waals surface area contributed by atoms with Crippen molar-refractivity contribution in [1.29, 1.82) is 0 Å². The number of nitrogens with two attached hydrogens (primary N) is 1. The van der Waals surface area contributed by atoms with Gasteiger partial charge in [-0.3, -0.25) is 4.90 Å². The van der Waals surface area contributed by atoms with Crippen molar-refractivity contribution in [3.63, 3.8) is 0 Å². The predicted octanol–water partition coefficient (Wildman–Crippen LogP) is 3.01. The molecule has 2 nitrogen and oxygen atoms in total. The fourth-order valence-corrected chi connectivity index (χ4v) is 2.69. The maximum absolute atomic E-state index is 6.28. The first kappa shape index (κ1) is 14.0. The van der Waals surface area contributed by atoms with Gasteiger partial charge in [0.25, 0.3) is 0 Å². The Kier molecular flexibility index (Phi) is 6.37. The van der Waals surface area contributed by atoms with E-state index in [-0.39, 0.29) is 0 Å². The minimum atomic E-state index is 0.358. The van der Waals surface area contributed by atoms with E-state index in [1.165, 1.54) is 45.1 Å². The summed E-state index contributed by atoms with van der Waals surface area (Å²) >= 11 is 0. The van der Waals surface area contributed by atoms with E-state index in [4.69, 9.17) is 5.73 Å². The first-order valence-electron chi connectivity index (χ1n) is 7.18. The Balaban J connectivity index is 2.47. The van der Waals surface area contributed by atoms with Crippen molar-refractivity contribution in [2.75, 3.05) is 13.1 Å². The number of rotatable bonds is 5. The molecule has 1 saturated heterocycles. The van der Waals surface area contributed by atoms with E-state index >= 15 is 0 Å². The molecule has 0 bridgehead atoms. The zero-order valence-electron chi connectivity index (χ0n) is 11.4. The molecule has 0 saturated carbocycles. The standard InChI is InChI=1S/C14H30N2/c1-4-12(3)14(15)11-16-10-8-6-7-9-13(16)5-2/h12-14H,4-11,15H2,1-3H3. The van der Waals surface area contributed by atoms with Gasteiger partial charge in [-0.1, -0.05) is 40.0 Å². The molecule has 3 unspecified atom stereocenters. The van der Waals surface area contributed by atoms with Crippen LogP contribution in [0.1, 0.15) is 59.3 Å². The largest absolute Gasteiger partial charge is 0.326 e. The van der Waals surface area contributed by atoms with Gasteiger partial charge < -0.3 is 5.73 Å². The molecule has 0 aromatic rings. The first-order chi connectivity index (χ1) is 7.69. The monoisotopic (exact) mass is 226 g/mol. The Morgan fingerprint density at radius 2 is 2.00 bits per heavy atom. The number of nitrogens with zero attached hydrogens (tertiary/aromatic N) is 1. The zero-order valence-corrected chi connectivity index (χ0v) is 11.4. The van der Waals surface area contributed by atoms with Gasteiger partial charge in [-0.2, -0.15) is 0 Å². The number of hydrogen-bond donors (Lipinski definition) is 1. The third-order valence-corrected chi connectivity index (χ3v) is 4.29. The van der Waals surface area contributed by atoms with E-state index < -0.39 is 0 Å². The minimum Gasteiger partial charge on any atom is -0.326 e. The average molecular weight is 226 g/mol. The van der Waals surface area contributed by atoms with Crippen LogP contribution in [0.5, 0.6) is 0 Å². The van der Waals surface area contributed by atoms with Crippen molar-refractivity contribution in [2.24, 2.45) is 11.7 Å². The van der Waals surface area contributed by atoms with Crippen LogP contribution in [0.15, 0.2) is 0 Å². The van der Waals surface area contributed by atoms with Crippen molar-refractivity contribution >= 4 is 0 Å². The lowest BCUT2D eigenvalue weighted by atomic mass is 9.98. The highest BCUT2D eigenvalue weighted by molar-refractivity contribution is 4.80. The predicted molar refractivity (Wildman–Crippen MR) is 71.6 cm³/mol. The molecule has 1 rings (SSSR count). The molecule has 0 spiro atoms. The van der Waals surface area contributed by atoms with Crippen LogP contribution in [-0.2, 0) is 0 Å². The molecule has 0 aromatic carbocycles. The fourth-order valence-electron chi connectivity index (χ4n) is 2.69. The minimum absolute atomic E-state index is 0.358. The van der Waals surface area contributed by atoms with Gasteiger partial charge in [0.2, 0.25) is 0 Å². The summed E-state index contributed by atoms with van der Waals surface area (Å²) in [5.74, 6) is 0.653. The molecule has 1 heterocycles. The summed E-state index contributed by atoms with van der Waals surface area (Å²) < 4.78 is 0. The molecule has 0 aliphatic carbocycles. The van der Waals surface area contributed by atoms with E-state index in [9.17, 15) is 0 Å². The third-order valence-electron chi connectivity index (χ3n) is 4.29. The summed E-state index contributed by atoms with van der Waals surface area (Å²) in [4.78, 5) is 2.66. The lowest BCUT2D eigenvalue weighted by Crippen LogP contribution is -2.45. The van der Waals surface area contributed by atoms with Crippen molar-refractivity contribution < 1.29 is 0 Å². The summed E-state index contributed by atoms with van der Waals surface area (Å²) in [5, 5.41) is 0. The molecule has 0 radical (unpaired) electrons. The fraction of sp³-hybridized carbons (Fsp3) is 1.00. The average Bonchev–Trinajstić information content (AvgIpc) is 2.52. The van der Waals surface area contributed by atoms with Gasteiger partial charge in [0.1, 0.15) is 0 Å². The Morgan fingerprint density at radius 1 is 1.25 bits per heavy atom. The summed E-state index contributed by atoms with van der Waals surface area (Å²) in [6.45, 7) is 9.21. The number of hydrogen-bond acceptors (Lipinski definition) is 2. The van der Waals surface area contributed by atoms with Gasteiger partial charge in [0, 0.05) is 18.6 Å². The highest BCUT2D eigenvalue weighted by Crippen LogP contribution is 2.20. The Bertz CT molecular complexity index is 182. The molecule has 0 amide bonds. The van der Waals surface area contributed by atoms with E-state index in [2.05, 4.69) is 25.7 Å². The lowest BCUT2D eigenvalue weighted by molar-refractivity contribution is 0.169. The van der Waals surface area contributed by atoms with Gasteiger partial charge in [-0.15, -0.1) is 0 Å². The Labute approximate surface area is 102 Å². The van der Waals surface area contributed by atoms with E-state index in [0.29, 0.717) is 12.0 Å². The van der Waals surface area contributed by atoms with Crippen LogP contribution < -0.4 is 5.73 Å². The van der Waals surface area contributed by atoms with Gasteiger partial charge in [0.15, 0.2) is 0 Å². The molecule has 3 atom stereocenters. The second-order valence-corrected chi connectivity index (χ2v) is 5.46. The molecule has 0 aromatic heterocycles. The molecule has 2 N–H and O–H groups in total. The molecule has 1 aliphatic rings. The maximum atomic E-state index is 6.28. The van der Waals surface area contributed by atoms with Crippen LogP contribution >= 0.6 is 0 Å². The highest BCUT2D eigenvalue weighted by Gasteiger charge is 2.22. The van der Waals surface area contributed by atoms with Crippen molar-refractivity contribution in [3.8, 4) is 0 Å². The SMILES string of the molecule is CCC(C)C(N)CN1CCCCCC1CC. The zero-order chi connectivity index (χ0) is 12.0. The van der Waals surface area contributed by atoms with Crippen LogP contribution in [0.4, 0.5) is 0 Å². The summed E-state index contributed by atoms with van der Waals surface area (Å²) in [6, 6.07) is 1.15. The molecule has 96 valence electrons. The second kappa shape index (κ2) is 7.29. The van der Waals surface area contributed by atoms with E-state index in [0.717, 1.165) is 12.6 Å². The van der Waals surface area contributed by atoms with Crippen LogP contribution in [0.25, 0.3) is 0 Å². The lowest BCUT2D eigenvalue weighted by Gasteiger charge is -2.33. The van der Waals surface area contributed by atoms with E-state index in [1.807, 2.05) is 0 Å². The summed E-state index contributed by atoms with van der Waals surface area (Å²) in [6.07, 6.45) is 8.05. The highest BCUT2D eigenvalue weighted by atomic mass is 15.2.